The van der Waals surface area contributed by atoms with Crippen LogP contribution < -0.4 is 10.5 Å². The van der Waals surface area contributed by atoms with E-state index >= 15 is 0 Å². The van der Waals surface area contributed by atoms with Crippen LogP contribution in [0.5, 0.6) is 5.75 Å². The quantitative estimate of drug-likeness (QED) is 0.877. The Morgan fingerprint density at radius 2 is 2.05 bits per heavy atom. The summed E-state index contributed by atoms with van der Waals surface area (Å²) >= 11 is 12.6. The lowest BCUT2D eigenvalue weighted by atomic mass is 10.2. The molecule has 4 nitrogen and oxygen atoms in total. The van der Waals surface area contributed by atoms with Crippen LogP contribution in [0.3, 0.4) is 0 Å². The van der Waals surface area contributed by atoms with Crippen molar-refractivity contribution < 1.29 is 4.74 Å². The fraction of sp³-hybridized carbons (Fsp3) is 0.400. The molecule has 0 spiro atoms. The van der Waals surface area contributed by atoms with E-state index in [0.29, 0.717) is 28.9 Å². The fourth-order valence-corrected chi connectivity index (χ4v) is 2.74. The molecule has 0 saturated carbocycles. The summed E-state index contributed by atoms with van der Waals surface area (Å²) in [5, 5.41) is 5.69. The Balaban J connectivity index is 2.26. The number of halogens is 2. The predicted octanol–water partition coefficient (Wildman–Crippen LogP) is 3.81. The molecule has 0 atom stereocenters. The van der Waals surface area contributed by atoms with Gasteiger partial charge < -0.3 is 10.5 Å². The van der Waals surface area contributed by atoms with Crippen LogP contribution in [0.1, 0.15) is 30.8 Å². The molecule has 1 aromatic heterocycles. The van der Waals surface area contributed by atoms with E-state index in [1.165, 1.54) is 0 Å². The third kappa shape index (κ3) is 3.34. The lowest BCUT2D eigenvalue weighted by Gasteiger charge is -2.13. The highest BCUT2D eigenvalue weighted by Gasteiger charge is 2.16. The second kappa shape index (κ2) is 7.16. The van der Waals surface area contributed by atoms with Crippen molar-refractivity contribution in [2.45, 2.75) is 40.0 Å². The van der Waals surface area contributed by atoms with E-state index in [1.54, 1.807) is 6.07 Å². The highest BCUT2D eigenvalue weighted by atomic mass is 35.5. The second-order valence-electron chi connectivity index (χ2n) is 4.60. The third-order valence-electron chi connectivity index (χ3n) is 3.32. The summed E-state index contributed by atoms with van der Waals surface area (Å²) in [5.41, 5.74) is 8.33. The molecule has 0 aliphatic carbocycles. The Hall–Kier alpha value is -1.23. The van der Waals surface area contributed by atoms with Gasteiger partial charge in [0.1, 0.15) is 12.4 Å². The molecule has 0 unspecified atom stereocenters. The van der Waals surface area contributed by atoms with Crippen molar-refractivity contribution in [2.24, 2.45) is 5.73 Å². The molecule has 2 rings (SSSR count). The minimum absolute atomic E-state index is 0.316. The SMILES string of the molecule is CCc1nn(CC)c(COc2c(Cl)cccc2CN)c1Cl. The average molecular weight is 328 g/mol. The van der Waals surface area contributed by atoms with Crippen molar-refractivity contribution in [1.29, 1.82) is 0 Å². The number of ether oxygens (including phenoxy) is 1. The van der Waals surface area contributed by atoms with E-state index in [-0.39, 0.29) is 0 Å². The zero-order valence-corrected chi connectivity index (χ0v) is 13.7. The number of hydrogen-bond acceptors (Lipinski definition) is 3. The molecule has 0 fully saturated rings. The normalized spacial score (nSPS) is 10.9. The molecule has 1 heterocycles. The molecule has 114 valence electrons. The smallest absolute Gasteiger partial charge is 0.142 e. The number of aromatic nitrogens is 2. The van der Waals surface area contributed by atoms with Crippen LogP contribution in [0.15, 0.2) is 18.2 Å². The van der Waals surface area contributed by atoms with E-state index in [4.69, 9.17) is 33.7 Å². The second-order valence-corrected chi connectivity index (χ2v) is 5.38. The summed E-state index contributed by atoms with van der Waals surface area (Å²) in [4.78, 5) is 0. The number of para-hydroxylation sites is 1. The Morgan fingerprint density at radius 1 is 1.29 bits per heavy atom. The molecule has 21 heavy (non-hydrogen) atoms. The van der Waals surface area contributed by atoms with E-state index in [9.17, 15) is 0 Å². The maximum absolute atomic E-state index is 6.37. The summed E-state index contributed by atoms with van der Waals surface area (Å²) in [5.74, 6) is 0.611. The number of rotatable bonds is 6. The van der Waals surface area contributed by atoms with Crippen molar-refractivity contribution in [3.63, 3.8) is 0 Å². The number of aryl methyl sites for hydroxylation is 2. The van der Waals surface area contributed by atoms with Gasteiger partial charge in [0.05, 0.1) is 21.4 Å². The van der Waals surface area contributed by atoms with Gasteiger partial charge in [0.2, 0.25) is 0 Å². The summed E-state index contributed by atoms with van der Waals surface area (Å²) in [6, 6.07) is 5.54. The van der Waals surface area contributed by atoms with Crippen molar-refractivity contribution in [1.82, 2.24) is 9.78 Å². The molecule has 0 amide bonds. The van der Waals surface area contributed by atoms with Crippen LogP contribution >= 0.6 is 23.2 Å². The van der Waals surface area contributed by atoms with Gasteiger partial charge in [-0.25, -0.2) is 0 Å². The van der Waals surface area contributed by atoms with E-state index in [2.05, 4.69) is 5.10 Å². The average Bonchev–Trinajstić information content (AvgIpc) is 2.81. The van der Waals surface area contributed by atoms with Gasteiger partial charge in [-0.3, -0.25) is 4.68 Å². The molecule has 1 aromatic carbocycles. The topological polar surface area (TPSA) is 53.1 Å². The van der Waals surface area contributed by atoms with Crippen LogP contribution in [0.2, 0.25) is 10.0 Å². The Bertz CT molecular complexity index is 626. The van der Waals surface area contributed by atoms with Gasteiger partial charge in [-0.1, -0.05) is 42.3 Å². The molecule has 0 aliphatic rings. The van der Waals surface area contributed by atoms with Crippen LogP contribution in [-0.2, 0) is 26.1 Å². The van der Waals surface area contributed by atoms with Gasteiger partial charge in [-0.2, -0.15) is 5.10 Å². The first-order valence-corrected chi connectivity index (χ1v) is 7.72. The molecule has 6 heteroatoms. The van der Waals surface area contributed by atoms with Crippen molar-refractivity contribution in [3.05, 3.63) is 45.2 Å². The minimum Gasteiger partial charge on any atom is -0.485 e. The molecule has 0 radical (unpaired) electrons. The van der Waals surface area contributed by atoms with Gasteiger partial charge in [0.15, 0.2) is 0 Å². The predicted molar refractivity (Wildman–Crippen MR) is 86.0 cm³/mol. The first-order valence-electron chi connectivity index (χ1n) is 6.96. The first-order chi connectivity index (χ1) is 10.1. The summed E-state index contributed by atoms with van der Waals surface area (Å²) in [7, 11) is 0. The zero-order chi connectivity index (χ0) is 15.4. The highest BCUT2D eigenvalue weighted by molar-refractivity contribution is 6.32. The van der Waals surface area contributed by atoms with Gasteiger partial charge in [0.25, 0.3) is 0 Å². The van der Waals surface area contributed by atoms with Crippen LogP contribution in [0, 0.1) is 0 Å². The zero-order valence-electron chi connectivity index (χ0n) is 12.2. The number of nitrogens with two attached hydrogens (primary N) is 1. The molecule has 2 aromatic rings. The maximum atomic E-state index is 6.37. The lowest BCUT2D eigenvalue weighted by molar-refractivity contribution is 0.290. The Kier molecular flexibility index (Phi) is 5.51. The fourth-order valence-electron chi connectivity index (χ4n) is 2.17. The maximum Gasteiger partial charge on any atom is 0.142 e. The van der Waals surface area contributed by atoms with Crippen LogP contribution in [0.4, 0.5) is 0 Å². The van der Waals surface area contributed by atoms with E-state index in [1.807, 2.05) is 30.7 Å². The Labute approximate surface area is 134 Å². The van der Waals surface area contributed by atoms with Crippen LogP contribution in [-0.4, -0.2) is 9.78 Å². The largest absolute Gasteiger partial charge is 0.485 e. The van der Waals surface area contributed by atoms with Crippen molar-refractivity contribution in [3.8, 4) is 5.75 Å². The van der Waals surface area contributed by atoms with Crippen molar-refractivity contribution >= 4 is 23.2 Å². The summed E-state index contributed by atoms with van der Waals surface area (Å²) in [6.45, 7) is 5.48. The Morgan fingerprint density at radius 3 is 2.67 bits per heavy atom. The number of hydrogen-bond donors (Lipinski definition) is 1. The van der Waals surface area contributed by atoms with E-state index < -0.39 is 0 Å². The standard InChI is InChI=1S/C15H19Cl2N3O/c1-3-12-14(17)13(20(4-2)19-12)9-21-15-10(8-18)6-5-7-11(15)16/h5-7H,3-4,8-9,18H2,1-2H3. The number of benzene rings is 1. The molecular weight excluding hydrogens is 309 g/mol. The highest BCUT2D eigenvalue weighted by Crippen LogP contribution is 2.30. The molecule has 0 bridgehead atoms. The summed E-state index contributed by atoms with van der Waals surface area (Å²) < 4.78 is 7.73. The molecule has 0 saturated heterocycles. The van der Waals surface area contributed by atoms with Crippen LogP contribution in [0.25, 0.3) is 0 Å². The van der Waals surface area contributed by atoms with Gasteiger partial charge >= 0.3 is 0 Å². The lowest BCUT2D eigenvalue weighted by Crippen LogP contribution is -2.08. The number of nitrogens with zero attached hydrogens (tertiary/aromatic N) is 2. The monoisotopic (exact) mass is 327 g/mol. The molecule has 0 aliphatic heterocycles. The molecule has 2 N–H and O–H groups in total. The van der Waals surface area contributed by atoms with Crippen molar-refractivity contribution in [2.75, 3.05) is 0 Å². The summed E-state index contributed by atoms with van der Waals surface area (Å²) in [6.07, 6.45) is 0.791. The van der Waals surface area contributed by atoms with Gasteiger partial charge in [-0.15, -0.1) is 0 Å². The minimum atomic E-state index is 0.316. The molecular formula is C15H19Cl2N3O. The first kappa shape index (κ1) is 16.1. The van der Waals surface area contributed by atoms with E-state index in [0.717, 1.165) is 29.9 Å². The van der Waals surface area contributed by atoms with Gasteiger partial charge in [0, 0.05) is 18.7 Å². The van der Waals surface area contributed by atoms with Gasteiger partial charge in [-0.05, 0) is 19.4 Å². The third-order valence-corrected chi connectivity index (χ3v) is 4.05.